The van der Waals surface area contributed by atoms with Crippen molar-refractivity contribution in [2.45, 2.75) is 38.5 Å². The fourth-order valence-corrected chi connectivity index (χ4v) is 3.81. The van der Waals surface area contributed by atoms with E-state index in [4.69, 9.17) is 0 Å². The Balaban J connectivity index is 1.48. The number of amides is 1. The molecule has 2 fully saturated rings. The van der Waals surface area contributed by atoms with Crippen molar-refractivity contribution in [1.29, 1.82) is 0 Å². The maximum atomic E-state index is 12.5. The van der Waals surface area contributed by atoms with Crippen molar-refractivity contribution >= 4 is 5.91 Å². The molecule has 120 valence electrons. The van der Waals surface area contributed by atoms with E-state index in [9.17, 15) is 4.79 Å². The van der Waals surface area contributed by atoms with Crippen LogP contribution in [0.4, 0.5) is 0 Å². The molecule has 3 nitrogen and oxygen atoms in total. The molecule has 1 aromatic rings. The Morgan fingerprint density at radius 3 is 2.50 bits per heavy atom. The maximum Gasteiger partial charge on any atom is 0.226 e. The van der Waals surface area contributed by atoms with Gasteiger partial charge < -0.3 is 9.80 Å². The van der Waals surface area contributed by atoms with Crippen LogP contribution in [0.15, 0.2) is 30.3 Å². The second-order valence-corrected chi connectivity index (χ2v) is 6.85. The van der Waals surface area contributed by atoms with Crippen molar-refractivity contribution in [3.05, 3.63) is 35.9 Å². The lowest BCUT2D eigenvalue weighted by atomic mass is 10.0. The molecule has 3 rings (SSSR count). The van der Waals surface area contributed by atoms with Crippen LogP contribution in [0.2, 0.25) is 0 Å². The van der Waals surface area contributed by atoms with Crippen LogP contribution in [0, 0.1) is 5.92 Å². The molecule has 3 heteroatoms. The molecular weight excluding hydrogens is 272 g/mol. The molecule has 2 aliphatic rings. The van der Waals surface area contributed by atoms with Gasteiger partial charge in [-0.05, 0) is 56.7 Å². The number of carbonyl (C=O) groups excluding carboxylic acids is 1. The topological polar surface area (TPSA) is 23.6 Å². The van der Waals surface area contributed by atoms with E-state index >= 15 is 0 Å². The number of nitrogens with zero attached hydrogens (tertiary/aromatic N) is 2. The Labute approximate surface area is 134 Å². The summed E-state index contributed by atoms with van der Waals surface area (Å²) in [5.74, 6) is 1.08. The third-order valence-electron chi connectivity index (χ3n) is 5.11. The average Bonchev–Trinajstić information content (AvgIpc) is 2.92. The summed E-state index contributed by atoms with van der Waals surface area (Å²) < 4.78 is 0. The molecule has 0 saturated carbocycles. The van der Waals surface area contributed by atoms with E-state index < -0.39 is 0 Å². The highest BCUT2D eigenvalue weighted by molar-refractivity contribution is 5.78. The van der Waals surface area contributed by atoms with Crippen LogP contribution in [0.5, 0.6) is 0 Å². The second kappa shape index (κ2) is 7.77. The SMILES string of the molecule is O=C(Cc1ccccc1)N1CCCC(CN2CCCC2)CC1. The highest BCUT2D eigenvalue weighted by atomic mass is 16.2. The van der Waals surface area contributed by atoms with E-state index in [1.165, 1.54) is 51.7 Å². The van der Waals surface area contributed by atoms with Gasteiger partial charge in [-0.15, -0.1) is 0 Å². The van der Waals surface area contributed by atoms with Gasteiger partial charge >= 0.3 is 0 Å². The van der Waals surface area contributed by atoms with Gasteiger partial charge in [0.2, 0.25) is 5.91 Å². The largest absolute Gasteiger partial charge is 0.342 e. The van der Waals surface area contributed by atoms with E-state index in [2.05, 4.69) is 9.80 Å². The van der Waals surface area contributed by atoms with E-state index in [1.54, 1.807) is 0 Å². The molecule has 1 atom stereocenters. The Morgan fingerprint density at radius 1 is 0.955 bits per heavy atom. The molecule has 0 aliphatic carbocycles. The van der Waals surface area contributed by atoms with Gasteiger partial charge in [-0.1, -0.05) is 30.3 Å². The molecule has 1 amide bonds. The summed E-state index contributed by atoms with van der Waals surface area (Å²) in [5.41, 5.74) is 1.13. The molecule has 0 N–H and O–H groups in total. The van der Waals surface area contributed by atoms with Gasteiger partial charge in [0.25, 0.3) is 0 Å². The van der Waals surface area contributed by atoms with Gasteiger partial charge in [-0.2, -0.15) is 0 Å². The number of benzene rings is 1. The highest BCUT2D eigenvalue weighted by Gasteiger charge is 2.23. The smallest absolute Gasteiger partial charge is 0.226 e. The fourth-order valence-electron chi connectivity index (χ4n) is 3.81. The minimum atomic E-state index is 0.299. The van der Waals surface area contributed by atoms with E-state index in [-0.39, 0.29) is 0 Å². The first-order valence-electron chi connectivity index (χ1n) is 8.85. The molecular formula is C19H28N2O. The van der Waals surface area contributed by atoms with Gasteiger partial charge in [0, 0.05) is 19.6 Å². The van der Waals surface area contributed by atoms with Crippen LogP contribution in [0.3, 0.4) is 0 Å². The van der Waals surface area contributed by atoms with Crippen molar-refractivity contribution in [2.75, 3.05) is 32.7 Å². The Bertz CT molecular complexity index is 468. The van der Waals surface area contributed by atoms with Crippen molar-refractivity contribution in [3.8, 4) is 0 Å². The van der Waals surface area contributed by atoms with Crippen LogP contribution in [0.25, 0.3) is 0 Å². The molecule has 2 saturated heterocycles. The monoisotopic (exact) mass is 300 g/mol. The molecule has 1 unspecified atom stereocenters. The zero-order chi connectivity index (χ0) is 15.2. The van der Waals surface area contributed by atoms with Crippen LogP contribution >= 0.6 is 0 Å². The minimum Gasteiger partial charge on any atom is -0.342 e. The van der Waals surface area contributed by atoms with Crippen LogP contribution in [-0.4, -0.2) is 48.4 Å². The molecule has 0 aromatic heterocycles. The lowest BCUT2D eigenvalue weighted by Crippen LogP contribution is -2.33. The normalized spacial score (nSPS) is 23.5. The maximum absolute atomic E-state index is 12.5. The second-order valence-electron chi connectivity index (χ2n) is 6.85. The average molecular weight is 300 g/mol. The fraction of sp³-hybridized carbons (Fsp3) is 0.632. The summed E-state index contributed by atoms with van der Waals surface area (Å²) in [6.07, 6.45) is 6.92. The summed E-state index contributed by atoms with van der Waals surface area (Å²) in [5, 5.41) is 0. The quantitative estimate of drug-likeness (QED) is 0.853. The first-order chi connectivity index (χ1) is 10.8. The lowest BCUT2D eigenvalue weighted by Gasteiger charge is -2.23. The molecule has 0 bridgehead atoms. The minimum absolute atomic E-state index is 0.299. The van der Waals surface area contributed by atoms with Gasteiger partial charge in [-0.25, -0.2) is 0 Å². The third kappa shape index (κ3) is 4.33. The van der Waals surface area contributed by atoms with Crippen LogP contribution < -0.4 is 0 Å². The number of rotatable bonds is 4. The molecule has 2 aliphatic heterocycles. The number of hydrogen-bond donors (Lipinski definition) is 0. The summed E-state index contributed by atoms with van der Waals surface area (Å²) in [6, 6.07) is 10.1. The first-order valence-corrected chi connectivity index (χ1v) is 8.85. The van der Waals surface area contributed by atoms with Crippen molar-refractivity contribution in [1.82, 2.24) is 9.80 Å². The summed E-state index contributed by atoms with van der Waals surface area (Å²) in [6.45, 7) is 5.72. The van der Waals surface area contributed by atoms with Gasteiger partial charge in [-0.3, -0.25) is 4.79 Å². The van der Waals surface area contributed by atoms with E-state index in [1.807, 2.05) is 30.3 Å². The highest BCUT2D eigenvalue weighted by Crippen LogP contribution is 2.21. The first kappa shape index (κ1) is 15.5. The summed E-state index contributed by atoms with van der Waals surface area (Å²) >= 11 is 0. The van der Waals surface area contributed by atoms with Gasteiger partial charge in [0.15, 0.2) is 0 Å². The Morgan fingerprint density at radius 2 is 1.73 bits per heavy atom. The van der Waals surface area contributed by atoms with Crippen molar-refractivity contribution in [2.24, 2.45) is 5.92 Å². The Hall–Kier alpha value is -1.35. The van der Waals surface area contributed by atoms with Crippen LogP contribution in [0.1, 0.15) is 37.7 Å². The van der Waals surface area contributed by atoms with E-state index in [0.29, 0.717) is 12.3 Å². The number of hydrogen-bond acceptors (Lipinski definition) is 2. The zero-order valence-corrected chi connectivity index (χ0v) is 13.5. The van der Waals surface area contributed by atoms with Gasteiger partial charge in [0.05, 0.1) is 6.42 Å². The van der Waals surface area contributed by atoms with Crippen molar-refractivity contribution in [3.63, 3.8) is 0 Å². The standard InChI is InChI=1S/C19H28N2O/c22-19(15-17-7-2-1-3-8-17)21-13-6-9-18(10-14-21)16-20-11-4-5-12-20/h1-3,7-8,18H,4-6,9-16H2. The lowest BCUT2D eigenvalue weighted by molar-refractivity contribution is -0.130. The van der Waals surface area contributed by atoms with Gasteiger partial charge in [0.1, 0.15) is 0 Å². The molecule has 0 radical (unpaired) electrons. The summed E-state index contributed by atoms with van der Waals surface area (Å²) in [4.78, 5) is 17.2. The van der Waals surface area contributed by atoms with E-state index in [0.717, 1.165) is 24.6 Å². The van der Waals surface area contributed by atoms with Crippen LogP contribution in [-0.2, 0) is 11.2 Å². The summed E-state index contributed by atoms with van der Waals surface area (Å²) in [7, 11) is 0. The predicted octanol–water partition coefficient (Wildman–Crippen LogP) is 2.95. The molecule has 0 spiro atoms. The number of carbonyl (C=O) groups is 1. The molecule has 2 heterocycles. The van der Waals surface area contributed by atoms with Crippen molar-refractivity contribution < 1.29 is 4.79 Å². The molecule has 22 heavy (non-hydrogen) atoms. The zero-order valence-electron chi connectivity index (χ0n) is 13.5. The Kier molecular flexibility index (Phi) is 5.49. The number of likely N-dealkylation sites (tertiary alicyclic amines) is 2. The molecule has 1 aromatic carbocycles. The third-order valence-corrected chi connectivity index (χ3v) is 5.11. The predicted molar refractivity (Wildman–Crippen MR) is 89.7 cm³/mol.